The van der Waals surface area contributed by atoms with Gasteiger partial charge >= 0.3 is 0 Å². The first kappa shape index (κ1) is 24.7. The van der Waals surface area contributed by atoms with Crippen molar-refractivity contribution in [2.24, 2.45) is 10.9 Å². The summed E-state index contributed by atoms with van der Waals surface area (Å²) in [5, 5.41) is 21.4. The zero-order chi connectivity index (χ0) is 24.1. The van der Waals surface area contributed by atoms with E-state index in [0.29, 0.717) is 11.1 Å². The van der Waals surface area contributed by atoms with Crippen LogP contribution in [-0.2, 0) is 15.8 Å². The summed E-state index contributed by atoms with van der Waals surface area (Å²) in [5.41, 5.74) is 8.03. The molecule has 2 aliphatic rings. The number of nitrogens with zero attached hydrogens (tertiary/aromatic N) is 4. The monoisotopic (exact) mass is 518 g/mol. The van der Waals surface area contributed by atoms with Gasteiger partial charge in [0, 0.05) is 39.4 Å². The van der Waals surface area contributed by atoms with Crippen molar-refractivity contribution in [1.82, 2.24) is 25.5 Å². The second kappa shape index (κ2) is 11.3. The van der Waals surface area contributed by atoms with Crippen molar-refractivity contribution in [2.75, 3.05) is 24.9 Å². The summed E-state index contributed by atoms with van der Waals surface area (Å²) >= 11 is 2.86. The molecule has 5 rings (SSSR count). The van der Waals surface area contributed by atoms with E-state index >= 15 is 0 Å². The summed E-state index contributed by atoms with van der Waals surface area (Å²) in [6, 6.07) is 11.9. The highest BCUT2D eigenvalue weighted by Gasteiger charge is 2.29. The number of carbonyl (C=O) groups is 1. The van der Waals surface area contributed by atoms with Crippen LogP contribution in [0, 0.1) is 0 Å². The number of thioether (sulfide) groups is 1. The van der Waals surface area contributed by atoms with Crippen molar-refractivity contribution < 1.29 is 9.00 Å². The zero-order valence-corrected chi connectivity index (χ0v) is 21.0. The fourth-order valence-electron chi connectivity index (χ4n) is 3.51. The van der Waals surface area contributed by atoms with Gasteiger partial charge in [0.25, 0.3) is 0 Å². The van der Waals surface area contributed by atoms with Crippen molar-refractivity contribution in [3.63, 3.8) is 0 Å². The van der Waals surface area contributed by atoms with Crippen LogP contribution in [0.3, 0.4) is 0 Å². The molecular formula is C21H26N8O2S3. The molecule has 1 amide bonds. The highest BCUT2D eigenvalue weighted by Crippen LogP contribution is 2.44. The van der Waals surface area contributed by atoms with Gasteiger partial charge in [-0.1, -0.05) is 18.2 Å². The van der Waals surface area contributed by atoms with E-state index in [9.17, 15) is 9.00 Å². The minimum Gasteiger partial charge on any atom is -0.343 e. The number of hydrogen-bond donors (Lipinski definition) is 4. The number of hydrogen-bond acceptors (Lipinski definition) is 9. The molecule has 1 saturated heterocycles. The van der Waals surface area contributed by atoms with Gasteiger partial charge in [0.15, 0.2) is 0 Å². The topological polar surface area (TPSA) is 156 Å². The molecule has 1 atom stereocenters. The minimum atomic E-state index is -1.03. The van der Waals surface area contributed by atoms with E-state index in [0.717, 1.165) is 76.5 Å². The third-order valence-corrected chi connectivity index (χ3v) is 8.90. The van der Waals surface area contributed by atoms with Crippen molar-refractivity contribution >= 4 is 46.8 Å². The average molecular weight is 519 g/mol. The summed E-state index contributed by atoms with van der Waals surface area (Å²) in [7, 11) is 0.465. The van der Waals surface area contributed by atoms with Crippen LogP contribution in [0.5, 0.6) is 0 Å². The van der Waals surface area contributed by atoms with Gasteiger partial charge in [0.1, 0.15) is 11.0 Å². The molecule has 2 fully saturated rings. The maximum absolute atomic E-state index is 12.1. The van der Waals surface area contributed by atoms with E-state index in [-0.39, 0.29) is 5.25 Å². The third-order valence-electron chi connectivity index (χ3n) is 5.37. The molecule has 13 heteroatoms. The number of aromatic amines is 1. The molecule has 1 unspecified atom stereocenters. The first-order chi connectivity index (χ1) is 16.7. The number of amides is 1. The molecule has 0 spiro atoms. The molecular weight excluding hydrogens is 492 g/mol. The summed E-state index contributed by atoms with van der Waals surface area (Å²) in [6.45, 7) is 1.44. The highest BCUT2D eigenvalue weighted by molar-refractivity contribution is 8.02. The van der Waals surface area contributed by atoms with Crippen LogP contribution < -0.4 is 15.6 Å². The van der Waals surface area contributed by atoms with Gasteiger partial charge in [-0.25, -0.2) is 4.21 Å². The van der Waals surface area contributed by atoms with Crippen molar-refractivity contribution in [3.8, 4) is 22.5 Å². The number of nitrogens with one attached hydrogen (secondary N) is 2. The van der Waals surface area contributed by atoms with E-state index < -0.39 is 11.0 Å². The van der Waals surface area contributed by atoms with Crippen molar-refractivity contribution in [3.05, 3.63) is 36.4 Å². The number of benzene rings is 2. The smallest absolute Gasteiger partial charge is 0.209 e. The molecule has 6 N–H and O–H groups in total. The quantitative estimate of drug-likeness (QED) is 0.246. The fourth-order valence-corrected chi connectivity index (χ4v) is 6.65. The molecule has 2 aromatic carbocycles. The summed E-state index contributed by atoms with van der Waals surface area (Å²) < 4.78 is 15.2. The van der Waals surface area contributed by atoms with Gasteiger partial charge < -0.3 is 15.4 Å². The number of aromatic nitrogens is 4. The van der Waals surface area contributed by atoms with E-state index in [1.54, 1.807) is 16.7 Å². The first-order valence-corrected chi connectivity index (χ1v) is 13.6. The summed E-state index contributed by atoms with van der Waals surface area (Å²) in [4.78, 5) is 14.5. The molecule has 10 nitrogen and oxygen atoms in total. The molecule has 34 heavy (non-hydrogen) atoms. The normalized spacial score (nSPS) is 16.3. The number of likely N-dealkylation sites (tertiary alicyclic amines) is 1. The molecule has 1 aliphatic carbocycles. The predicted molar refractivity (Wildman–Crippen MR) is 137 cm³/mol. The van der Waals surface area contributed by atoms with Gasteiger partial charge in [-0.3, -0.25) is 9.93 Å². The molecule has 0 radical (unpaired) electrons. The average Bonchev–Trinajstić information content (AvgIpc) is 3.57. The van der Waals surface area contributed by atoms with E-state index in [4.69, 9.17) is 5.14 Å². The third kappa shape index (κ3) is 5.44. The highest BCUT2D eigenvalue weighted by atomic mass is 32.2. The van der Waals surface area contributed by atoms with Crippen LogP contribution in [0.2, 0.25) is 0 Å². The Morgan fingerprint density at radius 3 is 2.50 bits per heavy atom. The van der Waals surface area contributed by atoms with E-state index in [1.807, 2.05) is 30.3 Å². The molecule has 0 bridgehead atoms. The van der Waals surface area contributed by atoms with Gasteiger partial charge in [0.2, 0.25) is 12.2 Å². The second-order valence-corrected chi connectivity index (χ2v) is 11.1. The lowest BCUT2D eigenvalue weighted by Gasteiger charge is -2.36. The lowest BCUT2D eigenvalue weighted by Crippen LogP contribution is -2.47. The maximum Gasteiger partial charge on any atom is 0.209 e. The Labute approximate surface area is 208 Å². The van der Waals surface area contributed by atoms with Crippen LogP contribution in [-0.4, -0.2) is 66.8 Å². The molecule has 1 aliphatic heterocycles. The molecule has 2 heterocycles. The van der Waals surface area contributed by atoms with Gasteiger partial charge in [-0.2, -0.15) is 5.21 Å². The fraction of sp³-hybridized carbons (Fsp3) is 0.333. The standard InChI is InChI=1S/C20H21N7O2S3.CH5N/c21-31-19-17(30-14-9-27(10-14)11-28)8-7-16(18(19)20-22-25-26-23-20)12-1-3-13(4-2-12)24-32(29)15-5-6-15;1-2/h1-4,7-8,11,14-15,24H,5-6,9-10,21H2,(H,22,23,25,26);2H2,1H3. The second-order valence-electron chi connectivity index (χ2n) is 7.64. The van der Waals surface area contributed by atoms with Gasteiger partial charge in [-0.15, -0.1) is 22.0 Å². The van der Waals surface area contributed by atoms with Gasteiger partial charge in [0.05, 0.1) is 5.25 Å². The molecule has 1 aromatic heterocycles. The first-order valence-electron chi connectivity index (χ1n) is 10.6. The zero-order valence-electron chi connectivity index (χ0n) is 18.5. The Balaban J connectivity index is 0.00000133. The van der Waals surface area contributed by atoms with Crippen LogP contribution in [0.25, 0.3) is 22.5 Å². The molecule has 3 aromatic rings. The Morgan fingerprint density at radius 2 is 1.91 bits per heavy atom. The Morgan fingerprint density at radius 1 is 1.18 bits per heavy atom. The number of rotatable bonds is 9. The number of carbonyl (C=O) groups excluding carboxylic acids is 1. The van der Waals surface area contributed by atoms with Gasteiger partial charge in [-0.05, 0) is 66.4 Å². The number of anilines is 1. The van der Waals surface area contributed by atoms with Crippen LogP contribution in [0.1, 0.15) is 12.8 Å². The number of H-pyrrole nitrogens is 1. The predicted octanol–water partition coefficient (Wildman–Crippen LogP) is 2.25. The molecule has 180 valence electrons. The minimum absolute atomic E-state index is 0.267. The van der Waals surface area contributed by atoms with E-state index in [2.05, 4.69) is 37.1 Å². The molecule has 1 saturated carbocycles. The number of tetrazole rings is 1. The Bertz CT molecular complexity index is 1130. The van der Waals surface area contributed by atoms with Crippen LogP contribution >= 0.6 is 23.7 Å². The lowest BCUT2D eigenvalue weighted by molar-refractivity contribution is -0.120. The van der Waals surface area contributed by atoms with Crippen molar-refractivity contribution in [1.29, 1.82) is 0 Å². The Kier molecular flexibility index (Phi) is 8.21. The largest absolute Gasteiger partial charge is 0.343 e. The van der Waals surface area contributed by atoms with Crippen LogP contribution in [0.15, 0.2) is 46.2 Å². The van der Waals surface area contributed by atoms with Crippen molar-refractivity contribution in [2.45, 2.75) is 33.1 Å². The van der Waals surface area contributed by atoms with E-state index in [1.165, 1.54) is 7.05 Å². The van der Waals surface area contributed by atoms with Crippen LogP contribution in [0.4, 0.5) is 5.69 Å². The lowest BCUT2D eigenvalue weighted by atomic mass is 9.99. The maximum atomic E-state index is 12.1. The summed E-state index contributed by atoms with van der Waals surface area (Å²) in [6.07, 6.45) is 2.91. The SMILES string of the molecule is CN.NSc1c(SC2CN(C=O)C2)ccc(-c2ccc(NS(=O)C3CC3)cc2)c1-c1nn[nH]n1. The summed E-state index contributed by atoms with van der Waals surface area (Å²) in [5.74, 6) is 0.468. The number of nitrogens with two attached hydrogens (primary N) is 2. The Hall–Kier alpha value is -2.45.